The first kappa shape index (κ1) is 20.4. The van der Waals surface area contributed by atoms with E-state index < -0.39 is 21.8 Å². The summed E-state index contributed by atoms with van der Waals surface area (Å²) in [4.78, 5) is 0.160. The Morgan fingerprint density at radius 2 is 1.57 bits per heavy atom. The Morgan fingerprint density at radius 3 is 2.07 bits per heavy atom. The fraction of sp³-hybridized carbons (Fsp3) is 0.350. The highest BCUT2D eigenvalue weighted by atomic mass is 32.2. The number of piperidine rings is 1. The van der Waals surface area contributed by atoms with Gasteiger partial charge in [0.1, 0.15) is 0 Å². The maximum Gasteiger partial charge on any atom is 0.416 e. The molecule has 0 amide bonds. The molecule has 0 N–H and O–H groups in total. The number of hydrogen-bond acceptors (Lipinski definition) is 3. The van der Waals surface area contributed by atoms with Crippen LogP contribution in [0.2, 0.25) is 0 Å². The van der Waals surface area contributed by atoms with Crippen LogP contribution in [0, 0.1) is 17.2 Å². The molecule has 0 unspecified atom stereocenters. The van der Waals surface area contributed by atoms with Gasteiger partial charge in [-0.15, -0.1) is 0 Å². The number of halogens is 3. The lowest BCUT2D eigenvalue weighted by Crippen LogP contribution is -2.38. The summed E-state index contributed by atoms with van der Waals surface area (Å²) in [6, 6.07) is 12.9. The molecule has 1 saturated heterocycles. The largest absolute Gasteiger partial charge is 0.416 e. The molecular formula is C20H19F3N2O2S. The van der Waals surface area contributed by atoms with Crippen molar-refractivity contribution in [2.24, 2.45) is 5.92 Å². The molecule has 1 heterocycles. The molecule has 8 heteroatoms. The van der Waals surface area contributed by atoms with Gasteiger partial charge in [-0.1, -0.05) is 12.1 Å². The first-order valence-corrected chi connectivity index (χ1v) is 10.3. The third kappa shape index (κ3) is 4.54. The van der Waals surface area contributed by atoms with E-state index in [2.05, 4.69) is 0 Å². The van der Waals surface area contributed by atoms with E-state index in [0.29, 0.717) is 37.9 Å². The Labute approximate surface area is 162 Å². The van der Waals surface area contributed by atoms with Crippen molar-refractivity contribution in [1.82, 2.24) is 4.31 Å². The second-order valence-electron chi connectivity index (χ2n) is 6.88. The standard InChI is InChI=1S/C20H19F3N2O2S/c21-20(22,23)18-5-1-15(2-6-18)13-16-9-11-25(12-10-16)28(26,27)19-7-3-17(14-24)4-8-19/h1-8,16H,9-13H2. The van der Waals surface area contributed by atoms with Gasteiger partial charge in [0.25, 0.3) is 0 Å². The van der Waals surface area contributed by atoms with Crippen molar-refractivity contribution in [2.45, 2.75) is 30.3 Å². The van der Waals surface area contributed by atoms with Crippen LogP contribution in [0.5, 0.6) is 0 Å². The zero-order valence-corrected chi connectivity index (χ0v) is 15.8. The highest BCUT2D eigenvalue weighted by Gasteiger charge is 2.31. The normalized spacial score (nSPS) is 16.6. The van der Waals surface area contributed by atoms with Crippen LogP contribution in [0.3, 0.4) is 0 Å². The van der Waals surface area contributed by atoms with Crippen LogP contribution in [0.1, 0.15) is 29.5 Å². The van der Waals surface area contributed by atoms with Gasteiger partial charge in [-0.25, -0.2) is 8.42 Å². The lowest BCUT2D eigenvalue weighted by Gasteiger charge is -2.31. The summed E-state index contributed by atoms with van der Waals surface area (Å²) in [5, 5.41) is 8.82. The highest BCUT2D eigenvalue weighted by molar-refractivity contribution is 7.89. The van der Waals surface area contributed by atoms with Crippen molar-refractivity contribution < 1.29 is 21.6 Å². The van der Waals surface area contributed by atoms with Gasteiger partial charge in [-0.2, -0.15) is 22.7 Å². The summed E-state index contributed by atoms with van der Waals surface area (Å²) in [5.74, 6) is 0.226. The molecule has 2 aromatic rings. The second-order valence-corrected chi connectivity index (χ2v) is 8.82. The predicted octanol–water partition coefficient (Wildman–Crippen LogP) is 4.22. The van der Waals surface area contributed by atoms with Crippen molar-refractivity contribution in [3.8, 4) is 6.07 Å². The molecule has 0 radical (unpaired) electrons. The summed E-state index contributed by atoms with van der Waals surface area (Å²) in [7, 11) is -3.61. The minimum Gasteiger partial charge on any atom is -0.207 e. The zero-order valence-electron chi connectivity index (χ0n) is 15.0. The molecule has 0 bridgehead atoms. The Bertz CT molecular complexity index is 954. The fourth-order valence-corrected chi connectivity index (χ4v) is 4.84. The SMILES string of the molecule is N#Cc1ccc(S(=O)(=O)N2CCC(Cc3ccc(C(F)(F)F)cc3)CC2)cc1. The van der Waals surface area contributed by atoms with Crippen molar-refractivity contribution in [2.75, 3.05) is 13.1 Å². The molecule has 28 heavy (non-hydrogen) atoms. The summed E-state index contributed by atoms with van der Waals surface area (Å²) in [6.07, 6.45) is -2.42. The molecule has 0 aliphatic carbocycles. The number of hydrogen-bond donors (Lipinski definition) is 0. The van der Waals surface area contributed by atoms with Crippen molar-refractivity contribution in [1.29, 1.82) is 5.26 Å². The number of nitriles is 1. The quantitative estimate of drug-likeness (QED) is 0.761. The molecule has 4 nitrogen and oxygen atoms in total. The fourth-order valence-electron chi connectivity index (χ4n) is 3.37. The predicted molar refractivity (Wildman–Crippen MR) is 97.8 cm³/mol. The van der Waals surface area contributed by atoms with Gasteiger partial charge in [0.2, 0.25) is 10.0 Å². The highest BCUT2D eigenvalue weighted by Crippen LogP contribution is 2.30. The van der Waals surface area contributed by atoms with Crippen LogP contribution in [0.15, 0.2) is 53.4 Å². The number of alkyl halides is 3. The monoisotopic (exact) mass is 408 g/mol. The number of sulfonamides is 1. The van der Waals surface area contributed by atoms with Gasteiger partial charge in [0.15, 0.2) is 0 Å². The van der Waals surface area contributed by atoms with Crippen molar-refractivity contribution >= 4 is 10.0 Å². The molecule has 1 fully saturated rings. The van der Waals surface area contributed by atoms with Gasteiger partial charge in [0.05, 0.1) is 22.1 Å². The molecule has 0 saturated carbocycles. The van der Waals surface area contributed by atoms with Gasteiger partial charge < -0.3 is 0 Å². The van der Waals surface area contributed by atoms with E-state index in [9.17, 15) is 21.6 Å². The van der Waals surface area contributed by atoms with Gasteiger partial charge in [-0.3, -0.25) is 0 Å². The topological polar surface area (TPSA) is 61.2 Å². The zero-order chi connectivity index (χ0) is 20.4. The van der Waals surface area contributed by atoms with Gasteiger partial charge >= 0.3 is 6.18 Å². The van der Waals surface area contributed by atoms with Crippen LogP contribution < -0.4 is 0 Å². The minimum absolute atomic E-state index is 0.160. The summed E-state index contributed by atoms with van der Waals surface area (Å²) >= 11 is 0. The number of benzene rings is 2. The molecule has 0 spiro atoms. The molecule has 2 aromatic carbocycles. The Balaban J connectivity index is 1.60. The smallest absolute Gasteiger partial charge is 0.207 e. The Kier molecular flexibility index (Phi) is 5.77. The summed E-state index contributed by atoms with van der Waals surface area (Å²) < 4.78 is 64.8. The summed E-state index contributed by atoms with van der Waals surface area (Å²) in [5.41, 5.74) is 0.551. The molecule has 0 aromatic heterocycles. The van der Waals surface area contributed by atoms with E-state index in [4.69, 9.17) is 5.26 Å². The van der Waals surface area contributed by atoms with Crippen LogP contribution in [0.4, 0.5) is 13.2 Å². The first-order chi connectivity index (χ1) is 13.2. The van der Waals surface area contributed by atoms with E-state index in [1.807, 2.05) is 6.07 Å². The van der Waals surface area contributed by atoms with Gasteiger partial charge in [-0.05, 0) is 67.1 Å². The number of rotatable bonds is 4. The lowest BCUT2D eigenvalue weighted by molar-refractivity contribution is -0.137. The second kappa shape index (κ2) is 7.94. The van der Waals surface area contributed by atoms with Crippen molar-refractivity contribution in [3.63, 3.8) is 0 Å². The molecule has 3 rings (SSSR count). The number of nitrogens with zero attached hydrogens (tertiary/aromatic N) is 2. The third-order valence-electron chi connectivity index (χ3n) is 5.00. The van der Waals surface area contributed by atoms with E-state index in [1.54, 1.807) is 0 Å². The van der Waals surface area contributed by atoms with E-state index in [1.165, 1.54) is 40.7 Å². The van der Waals surface area contributed by atoms with Gasteiger partial charge in [0, 0.05) is 13.1 Å². The third-order valence-corrected chi connectivity index (χ3v) is 6.91. The summed E-state index contributed by atoms with van der Waals surface area (Å²) in [6.45, 7) is 0.737. The lowest BCUT2D eigenvalue weighted by atomic mass is 9.91. The Hall–Kier alpha value is -2.37. The van der Waals surface area contributed by atoms with E-state index in [0.717, 1.165) is 17.7 Å². The average molecular weight is 408 g/mol. The minimum atomic E-state index is -4.34. The average Bonchev–Trinajstić information content (AvgIpc) is 2.68. The molecule has 148 valence electrons. The van der Waals surface area contributed by atoms with Crippen LogP contribution >= 0.6 is 0 Å². The van der Waals surface area contributed by atoms with Crippen LogP contribution in [0.25, 0.3) is 0 Å². The maximum absolute atomic E-state index is 12.7. The van der Waals surface area contributed by atoms with E-state index >= 15 is 0 Å². The molecule has 1 aliphatic heterocycles. The van der Waals surface area contributed by atoms with E-state index in [-0.39, 0.29) is 10.8 Å². The maximum atomic E-state index is 12.7. The first-order valence-electron chi connectivity index (χ1n) is 8.86. The molecule has 1 aliphatic rings. The van der Waals surface area contributed by atoms with Crippen molar-refractivity contribution in [3.05, 3.63) is 65.2 Å². The molecule has 0 atom stereocenters. The van der Waals surface area contributed by atoms with Crippen LogP contribution in [-0.2, 0) is 22.6 Å². The Morgan fingerprint density at radius 1 is 1.00 bits per heavy atom. The molecular weight excluding hydrogens is 389 g/mol. The van der Waals surface area contributed by atoms with Crippen LogP contribution in [-0.4, -0.2) is 25.8 Å².